The highest BCUT2D eigenvalue weighted by Gasteiger charge is 2.31. The number of benzene rings is 1. The second-order valence-electron chi connectivity index (χ2n) is 4.61. The van der Waals surface area contributed by atoms with Gasteiger partial charge >= 0.3 is 5.97 Å². The van der Waals surface area contributed by atoms with Gasteiger partial charge in [-0.1, -0.05) is 23.7 Å². The second kappa shape index (κ2) is 5.07. The third-order valence-corrected chi connectivity index (χ3v) is 3.69. The van der Waals surface area contributed by atoms with Crippen LogP contribution in [0.3, 0.4) is 0 Å². The van der Waals surface area contributed by atoms with Crippen molar-refractivity contribution in [3.05, 3.63) is 34.9 Å². The van der Waals surface area contributed by atoms with Gasteiger partial charge in [0.05, 0.1) is 5.92 Å². The smallest absolute Gasteiger partial charge is 0.306 e. The van der Waals surface area contributed by atoms with Crippen LogP contribution >= 0.6 is 11.6 Å². The number of halogens is 1. The molecule has 0 radical (unpaired) electrons. The topological polar surface area (TPSA) is 40.5 Å². The van der Waals surface area contributed by atoms with E-state index in [2.05, 4.69) is 4.90 Å². The summed E-state index contributed by atoms with van der Waals surface area (Å²) in [4.78, 5) is 13.3. The molecule has 0 amide bonds. The minimum absolute atomic E-state index is 0.156. The first-order chi connectivity index (χ1) is 8.08. The van der Waals surface area contributed by atoms with E-state index in [0.29, 0.717) is 11.4 Å². The van der Waals surface area contributed by atoms with E-state index < -0.39 is 5.97 Å². The number of carboxylic acids is 1. The molecule has 1 heterocycles. The molecule has 2 atom stereocenters. The van der Waals surface area contributed by atoms with Gasteiger partial charge in [-0.15, -0.1) is 0 Å². The van der Waals surface area contributed by atoms with E-state index in [-0.39, 0.29) is 12.0 Å². The maximum atomic E-state index is 11.1. The summed E-state index contributed by atoms with van der Waals surface area (Å²) < 4.78 is 0. The van der Waals surface area contributed by atoms with Crippen molar-refractivity contribution in [1.29, 1.82) is 0 Å². The van der Waals surface area contributed by atoms with Gasteiger partial charge in [0.25, 0.3) is 0 Å². The largest absolute Gasteiger partial charge is 0.481 e. The van der Waals surface area contributed by atoms with Gasteiger partial charge in [0.1, 0.15) is 0 Å². The molecule has 92 valence electrons. The van der Waals surface area contributed by atoms with Crippen LogP contribution in [0, 0.1) is 5.92 Å². The number of hydrogen-bond donors (Lipinski definition) is 1. The predicted molar refractivity (Wildman–Crippen MR) is 67.2 cm³/mol. The van der Waals surface area contributed by atoms with Gasteiger partial charge in [-0.3, -0.25) is 9.69 Å². The van der Waals surface area contributed by atoms with Crippen LogP contribution < -0.4 is 0 Å². The molecule has 0 aromatic heterocycles. The first-order valence-electron chi connectivity index (χ1n) is 5.76. The summed E-state index contributed by atoms with van der Waals surface area (Å²) in [6.45, 7) is 0.814. The van der Waals surface area contributed by atoms with Gasteiger partial charge in [-0.05, 0) is 44.1 Å². The minimum Gasteiger partial charge on any atom is -0.481 e. The number of likely N-dealkylation sites (tertiary alicyclic amines) is 1. The summed E-state index contributed by atoms with van der Waals surface area (Å²) in [5, 5.41) is 9.80. The molecule has 17 heavy (non-hydrogen) atoms. The number of rotatable bonds is 2. The Morgan fingerprint density at radius 1 is 1.53 bits per heavy atom. The number of carboxylic acid groups (broad SMARTS) is 1. The van der Waals surface area contributed by atoms with E-state index in [1.54, 1.807) is 0 Å². The van der Waals surface area contributed by atoms with Crippen LogP contribution in [0.4, 0.5) is 0 Å². The van der Waals surface area contributed by atoms with Crippen LogP contribution in [0.5, 0.6) is 0 Å². The molecule has 0 bridgehead atoms. The first-order valence-corrected chi connectivity index (χ1v) is 6.14. The summed E-state index contributed by atoms with van der Waals surface area (Å²) in [5.74, 6) is -0.930. The zero-order chi connectivity index (χ0) is 12.4. The first kappa shape index (κ1) is 12.4. The normalized spacial score (nSPS) is 25.8. The SMILES string of the molecule is CN1CCC(C(=O)O)CC1c1cccc(Cl)c1. The molecule has 2 rings (SSSR count). The quantitative estimate of drug-likeness (QED) is 0.881. The fourth-order valence-electron chi connectivity index (χ4n) is 2.41. The molecule has 1 aliphatic heterocycles. The molecule has 1 aliphatic rings. The summed E-state index contributed by atoms with van der Waals surface area (Å²) in [7, 11) is 2.03. The van der Waals surface area contributed by atoms with Crippen LogP contribution in [0.2, 0.25) is 5.02 Å². The Hall–Kier alpha value is -1.06. The molecule has 4 heteroatoms. The van der Waals surface area contributed by atoms with Crippen LogP contribution in [0.1, 0.15) is 24.4 Å². The van der Waals surface area contributed by atoms with E-state index in [4.69, 9.17) is 16.7 Å². The lowest BCUT2D eigenvalue weighted by Crippen LogP contribution is -2.36. The monoisotopic (exact) mass is 253 g/mol. The molecule has 1 aromatic carbocycles. The number of nitrogens with zero attached hydrogens (tertiary/aromatic N) is 1. The number of hydrogen-bond acceptors (Lipinski definition) is 2. The second-order valence-corrected chi connectivity index (χ2v) is 5.05. The zero-order valence-electron chi connectivity index (χ0n) is 9.77. The van der Waals surface area contributed by atoms with Crippen molar-refractivity contribution in [1.82, 2.24) is 4.90 Å². The van der Waals surface area contributed by atoms with Crippen LogP contribution in [0.25, 0.3) is 0 Å². The Labute approximate surface area is 106 Å². The molecule has 1 saturated heterocycles. The number of aliphatic carboxylic acids is 1. The fraction of sp³-hybridized carbons (Fsp3) is 0.462. The van der Waals surface area contributed by atoms with Crippen LogP contribution in [0.15, 0.2) is 24.3 Å². The molecule has 1 fully saturated rings. The van der Waals surface area contributed by atoms with Gasteiger partial charge < -0.3 is 5.11 Å². The Bertz CT molecular complexity index is 422. The molecule has 0 spiro atoms. The highest BCUT2D eigenvalue weighted by atomic mass is 35.5. The molecule has 3 nitrogen and oxygen atoms in total. The van der Waals surface area contributed by atoms with E-state index in [9.17, 15) is 4.79 Å². The Balaban J connectivity index is 2.20. The lowest BCUT2D eigenvalue weighted by atomic mass is 9.87. The van der Waals surface area contributed by atoms with Crippen molar-refractivity contribution in [3.63, 3.8) is 0 Å². The summed E-state index contributed by atoms with van der Waals surface area (Å²) in [5.41, 5.74) is 1.10. The zero-order valence-corrected chi connectivity index (χ0v) is 10.5. The van der Waals surface area contributed by atoms with Crippen molar-refractivity contribution in [3.8, 4) is 0 Å². The molecular weight excluding hydrogens is 238 g/mol. The lowest BCUT2D eigenvalue weighted by molar-refractivity contribution is -0.144. The lowest BCUT2D eigenvalue weighted by Gasteiger charge is -2.35. The minimum atomic E-state index is -0.690. The van der Waals surface area contributed by atoms with Gasteiger partial charge in [0.15, 0.2) is 0 Å². The van der Waals surface area contributed by atoms with Crippen molar-refractivity contribution < 1.29 is 9.90 Å². The van der Waals surface area contributed by atoms with Crippen LogP contribution in [-0.2, 0) is 4.79 Å². The maximum absolute atomic E-state index is 11.1. The molecule has 2 unspecified atom stereocenters. The molecule has 0 saturated carbocycles. The van der Waals surface area contributed by atoms with Gasteiger partial charge in [0, 0.05) is 11.1 Å². The predicted octanol–water partition coefficient (Wildman–Crippen LogP) is 2.81. The van der Waals surface area contributed by atoms with Crippen molar-refractivity contribution in [2.24, 2.45) is 5.92 Å². The molecule has 0 aliphatic carbocycles. The standard InChI is InChI=1S/C13H16ClNO2/c1-15-6-5-10(13(16)17)8-12(15)9-3-2-4-11(14)7-9/h2-4,7,10,12H,5-6,8H2,1H3,(H,16,17). The average molecular weight is 254 g/mol. The molecule has 1 N–H and O–H groups in total. The summed E-state index contributed by atoms with van der Waals surface area (Å²) >= 11 is 5.98. The Morgan fingerprint density at radius 3 is 2.94 bits per heavy atom. The maximum Gasteiger partial charge on any atom is 0.306 e. The average Bonchev–Trinajstić information content (AvgIpc) is 2.29. The van der Waals surface area contributed by atoms with Crippen molar-refractivity contribution >= 4 is 17.6 Å². The Morgan fingerprint density at radius 2 is 2.29 bits per heavy atom. The highest BCUT2D eigenvalue weighted by Crippen LogP contribution is 2.33. The van der Waals surface area contributed by atoms with E-state index in [1.165, 1.54) is 0 Å². The summed E-state index contributed by atoms with van der Waals surface area (Å²) in [6, 6.07) is 7.84. The van der Waals surface area contributed by atoms with E-state index >= 15 is 0 Å². The van der Waals surface area contributed by atoms with Gasteiger partial charge in [0.2, 0.25) is 0 Å². The van der Waals surface area contributed by atoms with E-state index in [0.717, 1.165) is 18.5 Å². The van der Waals surface area contributed by atoms with Crippen LogP contribution in [-0.4, -0.2) is 29.6 Å². The molecular formula is C13H16ClNO2. The third kappa shape index (κ3) is 2.79. The fourth-order valence-corrected chi connectivity index (χ4v) is 2.61. The van der Waals surface area contributed by atoms with Crippen molar-refractivity contribution in [2.75, 3.05) is 13.6 Å². The van der Waals surface area contributed by atoms with Gasteiger partial charge in [-0.2, -0.15) is 0 Å². The highest BCUT2D eigenvalue weighted by molar-refractivity contribution is 6.30. The van der Waals surface area contributed by atoms with Gasteiger partial charge in [-0.25, -0.2) is 0 Å². The third-order valence-electron chi connectivity index (χ3n) is 3.45. The van der Waals surface area contributed by atoms with E-state index in [1.807, 2.05) is 31.3 Å². The summed E-state index contributed by atoms with van der Waals surface area (Å²) in [6.07, 6.45) is 1.38. The van der Waals surface area contributed by atoms with Crippen molar-refractivity contribution in [2.45, 2.75) is 18.9 Å². The number of piperidine rings is 1. The number of carbonyl (C=O) groups is 1. The Kier molecular flexibility index (Phi) is 3.69. The molecule has 1 aromatic rings.